The SMILES string of the molecule is CC/C=C\C/C=C\C/C=C\C/C=C\C/C=C\C/C=C\C/C=C\C/C=C\CCCCCCCCCCC(=O)OCC(COC(=O)CCCCCCCCCC)OC(=O)CCCCCCCCCCCCC. The predicted octanol–water partition coefficient (Wildman–Crippen LogP) is 19.7. The van der Waals surface area contributed by atoms with E-state index in [0.717, 1.165) is 116 Å². The maximum Gasteiger partial charge on any atom is 0.306 e. The molecule has 0 aliphatic carbocycles. The molecule has 0 aliphatic rings. The lowest BCUT2D eigenvalue weighted by molar-refractivity contribution is -0.167. The van der Waals surface area contributed by atoms with Gasteiger partial charge in [0.2, 0.25) is 0 Å². The second-order valence-corrected chi connectivity index (χ2v) is 19.2. The number of hydrogen-bond donors (Lipinski definition) is 0. The number of ether oxygens (including phenoxy) is 3. The first kappa shape index (κ1) is 66.3. The van der Waals surface area contributed by atoms with Gasteiger partial charge in [-0.1, -0.05) is 266 Å². The molecule has 0 saturated carbocycles. The van der Waals surface area contributed by atoms with Crippen LogP contribution in [0.1, 0.15) is 271 Å². The predicted molar refractivity (Wildman–Crippen MR) is 302 cm³/mol. The number of allylic oxidation sites excluding steroid dienone is 16. The lowest BCUT2D eigenvalue weighted by atomic mass is 10.1. The van der Waals surface area contributed by atoms with Crippen molar-refractivity contribution in [1.82, 2.24) is 0 Å². The average molecular weight is 974 g/mol. The molecule has 1 unspecified atom stereocenters. The Labute approximate surface area is 432 Å². The van der Waals surface area contributed by atoms with Crippen molar-refractivity contribution in [3.8, 4) is 0 Å². The van der Waals surface area contributed by atoms with Crippen molar-refractivity contribution in [1.29, 1.82) is 0 Å². The summed E-state index contributed by atoms with van der Waals surface area (Å²) in [6, 6.07) is 0. The molecule has 0 heterocycles. The Morgan fingerprint density at radius 3 is 0.871 bits per heavy atom. The molecule has 0 saturated heterocycles. The minimum atomic E-state index is -0.774. The van der Waals surface area contributed by atoms with E-state index in [2.05, 4.69) is 118 Å². The molecule has 6 nitrogen and oxygen atoms in total. The lowest BCUT2D eigenvalue weighted by Gasteiger charge is -2.18. The molecule has 0 bridgehead atoms. The Bertz CT molecular complexity index is 1400. The summed E-state index contributed by atoms with van der Waals surface area (Å²) in [5.41, 5.74) is 0. The van der Waals surface area contributed by atoms with Gasteiger partial charge in [-0.15, -0.1) is 0 Å². The molecule has 400 valence electrons. The van der Waals surface area contributed by atoms with Gasteiger partial charge in [0.15, 0.2) is 6.10 Å². The third-order valence-corrected chi connectivity index (χ3v) is 12.4. The fraction of sp³-hybridized carbons (Fsp3) is 0.703. The van der Waals surface area contributed by atoms with Crippen molar-refractivity contribution in [2.24, 2.45) is 0 Å². The van der Waals surface area contributed by atoms with E-state index in [9.17, 15) is 14.4 Å². The third-order valence-electron chi connectivity index (χ3n) is 12.4. The summed E-state index contributed by atoms with van der Waals surface area (Å²) < 4.78 is 16.8. The summed E-state index contributed by atoms with van der Waals surface area (Å²) in [5.74, 6) is -0.887. The summed E-state index contributed by atoms with van der Waals surface area (Å²) in [4.78, 5) is 37.9. The number of carbonyl (C=O) groups is 3. The quantitative estimate of drug-likeness (QED) is 0.0262. The van der Waals surface area contributed by atoms with Crippen LogP contribution in [0.2, 0.25) is 0 Å². The van der Waals surface area contributed by atoms with Gasteiger partial charge in [-0.2, -0.15) is 0 Å². The zero-order chi connectivity index (χ0) is 50.7. The van der Waals surface area contributed by atoms with E-state index in [1.165, 1.54) is 116 Å². The molecule has 0 aliphatic heterocycles. The average Bonchev–Trinajstić information content (AvgIpc) is 3.36. The molecular formula is C64H108O6. The summed E-state index contributed by atoms with van der Waals surface area (Å²) in [6.07, 6.45) is 77.1. The highest BCUT2D eigenvalue weighted by Crippen LogP contribution is 2.15. The second kappa shape index (κ2) is 57.9. The largest absolute Gasteiger partial charge is 0.462 e. The summed E-state index contributed by atoms with van der Waals surface area (Å²) in [7, 11) is 0. The Hall–Kier alpha value is -3.67. The first-order valence-electron chi connectivity index (χ1n) is 29.2. The first-order valence-corrected chi connectivity index (χ1v) is 29.2. The fourth-order valence-electron chi connectivity index (χ4n) is 7.99. The number of unbranched alkanes of at least 4 members (excludes halogenated alkanes) is 25. The Morgan fingerprint density at radius 2 is 0.557 bits per heavy atom. The molecule has 0 amide bonds. The molecular weight excluding hydrogens is 865 g/mol. The van der Waals surface area contributed by atoms with E-state index in [0.29, 0.717) is 19.3 Å². The zero-order valence-corrected chi connectivity index (χ0v) is 45.8. The monoisotopic (exact) mass is 973 g/mol. The van der Waals surface area contributed by atoms with Crippen molar-refractivity contribution in [3.63, 3.8) is 0 Å². The highest BCUT2D eigenvalue weighted by atomic mass is 16.6. The van der Waals surface area contributed by atoms with Crippen LogP contribution >= 0.6 is 0 Å². The van der Waals surface area contributed by atoms with Crippen LogP contribution in [-0.4, -0.2) is 37.2 Å². The van der Waals surface area contributed by atoms with Crippen LogP contribution in [0.15, 0.2) is 97.2 Å². The third kappa shape index (κ3) is 55.3. The van der Waals surface area contributed by atoms with Crippen molar-refractivity contribution in [3.05, 3.63) is 97.2 Å². The molecule has 0 N–H and O–H groups in total. The maximum absolute atomic E-state index is 12.8. The summed E-state index contributed by atoms with van der Waals surface area (Å²) in [5, 5.41) is 0. The molecule has 70 heavy (non-hydrogen) atoms. The van der Waals surface area contributed by atoms with Crippen molar-refractivity contribution < 1.29 is 28.6 Å². The van der Waals surface area contributed by atoms with Gasteiger partial charge >= 0.3 is 17.9 Å². The van der Waals surface area contributed by atoms with Crippen molar-refractivity contribution in [2.75, 3.05) is 13.2 Å². The van der Waals surface area contributed by atoms with Crippen LogP contribution in [0.3, 0.4) is 0 Å². The number of hydrogen-bond acceptors (Lipinski definition) is 6. The number of esters is 3. The van der Waals surface area contributed by atoms with E-state index >= 15 is 0 Å². The lowest BCUT2D eigenvalue weighted by Crippen LogP contribution is -2.30. The molecule has 0 radical (unpaired) electrons. The molecule has 0 aromatic carbocycles. The standard InChI is InChI=1S/C64H108O6/c1-4-7-10-13-16-19-21-22-23-24-25-26-27-28-29-30-31-32-33-34-35-36-37-38-39-40-41-42-44-45-48-51-54-57-63(66)69-60-61(59-68-62(65)56-53-50-47-18-15-12-9-6-3)70-64(67)58-55-52-49-46-43-20-17-14-11-8-5-2/h7,10,16,19,22-23,25-26,28-29,31-32,34-35,37-38,61H,4-6,8-9,11-15,17-18,20-21,24,27,30,33,36,39-60H2,1-3H3/b10-7-,19-16-,23-22-,26-25-,29-28-,32-31-,35-34-,38-37-. The Morgan fingerprint density at radius 1 is 0.300 bits per heavy atom. The molecule has 0 spiro atoms. The van der Waals surface area contributed by atoms with Gasteiger partial charge in [-0.05, 0) is 83.5 Å². The smallest absolute Gasteiger partial charge is 0.306 e. The number of carbonyl (C=O) groups excluding carboxylic acids is 3. The number of rotatable bonds is 52. The normalized spacial score (nSPS) is 12.8. The van der Waals surface area contributed by atoms with Crippen LogP contribution in [-0.2, 0) is 28.6 Å². The van der Waals surface area contributed by atoms with Crippen molar-refractivity contribution >= 4 is 17.9 Å². The zero-order valence-electron chi connectivity index (χ0n) is 45.8. The fourth-order valence-corrected chi connectivity index (χ4v) is 7.99. The van der Waals surface area contributed by atoms with E-state index in [1.807, 2.05) is 0 Å². The van der Waals surface area contributed by atoms with Gasteiger partial charge in [0.25, 0.3) is 0 Å². The molecule has 0 aromatic heterocycles. The van der Waals surface area contributed by atoms with Crippen LogP contribution < -0.4 is 0 Å². The van der Waals surface area contributed by atoms with E-state index in [1.54, 1.807) is 0 Å². The van der Waals surface area contributed by atoms with E-state index < -0.39 is 6.10 Å². The van der Waals surface area contributed by atoms with E-state index in [4.69, 9.17) is 14.2 Å². The molecule has 0 rings (SSSR count). The maximum atomic E-state index is 12.8. The Balaban J connectivity index is 4.11. The van der Waals surface area contributed by atoms with Crippen molar-refractivity contribution in [2.45, 2.75) is 277 Å². The second-order valence-electron chi connectivity index (χ2n) is 19.2. The van der Waals surface area contributed by atoms with Gasteiger partial charge in [0.1, 0.15) is 13.2 Å². The highest BCUT2D eigenvalue weighted by Gasteiger charge is 2.19. The van der Waals surface area contributed by atoms with Crippen LogP contribution in [0.25, 0.3) is 0 Å². The van der Waals surface area contributed by atoms with Crippen LogP contribution in [0.4, 0.5) is 0 Å². The summed E-state index contributed by atoms with van der Waals surface area (Å²) in [6.45, 7) is 6.48. The van der Waals surface area contributed by atoms with Gasteiger partial charge in [-0.25, -0.2) is 0 Å². The first-order chi connectivity index (χ1) is 34.5. The van der Waals surface area contributed by atoms with Gasteiger partial charge in [-0.3, -0.25) is 14.4 Å². The minimum absolute atomic E-state index is 0.0763. The molecule has 1 atom stereocenters. The minimum Gasteiger partial charge on any atom is -0.462 e. The van der Waals surface area contributed by atoms with Gasteiger partial charge in [0, 0.05) is 19.3 Å². The molecule has 0 fully saturated rings. The topological polar surface area (TPSA) is 78.9 Å². The van der Waals surface area contributed by atoms with Gasteiger partial charge < -0.3 is 14.2 Å². The van der Waals surface area contributed by atoms with Gasteiger partial charge in [0.05, 0.1) is 0 Å². The highest BCUT2D eigenvalue weighted by molar-refractivity contribution is 5.71. The van der Waals surface area contributed by atoms with Crippen LogP contribution in [0.5, 0.6) is 0 Å². The van der Waals surface area contributed by atoms with E-state index in [-0.39, 0.29) is 31.1 Å². The van der Waals surface area contributed by atoms with Crippen LogP contribution in [0, 0.1) is 0 Å². The molecule has 0 aromatic rings. The summed E-state index contributed by atoms with van der Waals surface area (Å²) >= 11 is 0. The molecule has 6 heteroatoms. The Kier molecular flexibility index (Phi) is 54.9.